The van der Waals surface area contributed by atoms with E-state index in [-0.39, 0.29) is 5.78 Å². The van der Waals surface area contributed by atoms with Crippen molar-refractivity contribution in [3.63, 3.8) is 0 Å². The number of nitriles is 1. The number of ketones is 1. The van der Waals surface area contributed by atoms with Gasteiger partial charge in [-0.2, -0.15) is 5.26 Å². The number of carbonyl (C=O) groups excluding carboxylic acids is 1. The zero-order chi connectivity index (χ0) is 13.8. The molecule has 1 heterocycles. The number of Topliss-reactive ketones (excluding diaryl/α,β-unsaturated/α-hetero) is 1. The van der Waals surface area contributed by atoms with Crippen LogP contribution in [0.5, 0.6) is 0 Å². The molecule has 94 valence electrons. The van der Waals surface area contributed by atoms with E-state index < -0.39 is 5.92 Å². The van der Waals surface area contributed by atoms with Crippen LogP contribution in [0.1, 0.15) is 22.0 Å². The zero-order valence-corrected chi connectivity index (χ0v) is 12.0. The topological polar surface area (TPSA) is 53.8 Å². The number of aromatic nitrogens is 1. The minimum absolute atomic E-state index is 0.293. The molecule has 0 N–H and O–H groups in total. The minimum Gasteiger partial charge on any atom is -0.292 e. The highest BCUT2D eigenvalue weighted by Gasteiger charge is 2.23. The fourth-order valence-corrected chi connectivity index (χ4v) is 2.12. The zero-order valence-electron chi connectivity index (χ0n) is 9.68. The maximum atomic E-state index is 12.3. The first kappa shape index (κ1) is 13.7. The number of pyridine rings is 1. The molecule has 0 aliphatic rings. The van der Waals surface area contributed by atoms with Crippen molar-refractivity contribution >= 4 is 33.3 Å². The highest BCUT2D eigenvalue weighted by atomic mass is 79.9. The number of halogens is 2. The Hall–Kier alpha value is -1.70. The average Bonchev–Trinajstić information content (AvgIpc) is 2.44. The third-order valence-corrected chi connectivity index (χ3v) is 3.79. The summed E-state index contributed by atoms with van der Waals surface area (Å²) in [5.74, 6) is -1.20. The lowest BCUT2D eigenvalue weighted by Gasteiger charge is -2.08. The summed E-state index contributed by atoms with van der Waals surface area (Å²) >= 11 is 9.14. The Morgan fingerprint density at radius 2 is 2.16 bits per heavy atom. The third-order valence-electron chi connectivity index (χ3n) is 2.58. The van der Waals surface area contributed by atoms with Crippen molar-refractivity contribution in [3.8, 4) is 6.07 Å². The van der Waals surface area contributed by atoms with E-state index in [4.69, 9.17) is 11.6 Å². The Morgan fingerprint density at radius 3 is 2.74 bits per heavy atom. The number of hydrogen-bond acceptors (Lipinski definition) is 3. The van der Waals surface area contributed by atoms with Crippen molar-refractivity contribution in [2.24, 2.45) is 0 Å². The predicted octanol–water partition coefficient (Wildman–Crippen LogP) is 3.99. The average molecular weight is 336 g/mol. The fourth-order valence-electron chi connectivity index (χ4n) is 1.62. The van der Waals surface area contributed by atoms with Gasteiger partial charge in [-0.15, -0.1) is 0 Å². The molecule has 1 atom stereocenters. The molecule has 2 aromatic rings. The Kier molecular flexibility index (Phi) is 4.31. The van der Waals surface area contributed by atoms with Gasteiger partial charge < -0.3 is 0 Å². The summed E-state index contributed by atoms with van der Waals surface area (Å²) in [5.41, 5.74) is 0.870. The number of hydrogen-bond donors (Lipinski definition) is 0. The molecule has 19 heavy (non-hydrogen) atoms. The van der Waals surface area contributed by atoms with Crippen molar-refractivity contribution in [2.45, 2.75) is 5.92 Å². The first-order valence-electron chi connectivity index (χ1n) is 5.43. The number of nitrogens with zero attached hydrogens (tertiary/aromatic N) is 2. The van der Waals surface area contributed by atoms with Gasteiger partial charge in [-0.1, -0.05) is 17.7 Å². The molecule has 0 spiro atoms. The molecule has 0 fully saturated rings. The second kappa shape index (κ2) is 5.96. The molecule has 0 aliphatic heterocycles. The van der Waals surface area contributed by atoms with Gasteiger partial charge in [0, 0.05) is 16.2 Å². The summed E-state index contributed by atoms with van der Waals surface area (Å²) in [6.07, 6.45) is 1.56. The summed E-state index contributed by atoms with van der Waals surface area (Å²) in [7, 11) is 0. The van der Waals surface area contributed by atoms with Crippen LogP contribution < -0.4 is 0 Å². The van der Waals surface area contributed by atoms with Gasteiger partial charge in [0.15, 0.2) is 11.7 Å². The van der Waals surface area contributed by atoms with Crippen LogP contribution in [0.2, 0.25) is 5.02 Å². The molecule has 0 radical (unpaired) electrons. The minimum atomic E-state index is -0.908. The van der Waals surface area contributed by atoms with Crippen LogP contribution >= 0.6 is 27.5 Å². The molecule has 3 nitrogen and oxygen atoms in total. The predicted molar refractivity (Wildman–Crippen MR) is 76.1 cm³/mol. The molecule has 1 aromatic heterocycles. The Balaban J connectivity index is 2.37. The molecular weight excluding hydrogens is 328 g/mol. The van der Waals surface area contributed by atoms with E-state index in [9.17, 15) is 10.1 Å². The first-order valence-corrected chi connectivity index (χ1v) is 6.60. The molecule has 0 aliphatic carbocycles. The quantitative estimate of drug-likeness (QED) is 0.797. The van der Waals surface area contributed by atoms with Crippen LogP contribution in [0, 0.1) is 11.3 Å². The molecule has 0 saturated carbocycles. The lowest BCUT2D eigenvalue weighted by molar-refractivity contribution is 0.0977. The van der Waals surface area contributed by atoms with Crippen LogP contribution in [0.15, 0.2) is 47.1 Å². The number of rotatable bonds is 3. The van der Waals surface area contributed by atoms with Gasteiger partial charge in [-0.25, -0.2) is 0 Å². The van der Waals surface area contributed by atoms with Crippen LogP contribution in [-0.4, -0.2) is 10.8 Å². The summed E-state index contributed by atoms with van der Waals surface area (Å²) in [6, 6.07) is 12.0. The van der Waals surface area contributed by atoms with Crippen LogP contribution in [0.4, 0.5) is 0 Å². The van der Waals surface area contributed by atoms with E-state index in [1.807, 2.05) is 6.07 Å². The molecule has 5 heteroatoms. The third kappa shape index (κ3) is 3.01. The van der Waals surface area contributed by atoms with Crippen LogP contribution in [0.25, 0.3) is 0 Å². The monoisotopic (exact) mass is 334 g/mol. The number of carbonyl (C=O) groups is 1. The van der Waals surface area contributed by atoms with E-state index in [0.717, 1.165) is 0 Å². The van der Waals surface area contributed by atoms with Crippen molar-refractivity contribution < 1.29 is 4.79 Å². The summed E-state index contributed by atoms with van der Waals surface area (Å²) in [4.78, 5) is 16.4. The largest absolute Gasteiger partial charge is 0.292 e. The lowest BCUT2D eigenvalue weighted by atomic mass is 9.95. The molecule has 0 saturated heterocycles. The van der Waals surface area contributed by atoms with Crippen molar-refractivity contribution in [3.05, 3.63) is 63.3 Å². The summed E-state index contributed by atoms with van der Waals surface area (Å²) < 4.78 is 0.623. The Morgan fingerprint density at radius 1 is 1.37 bits per heavy atom. The maximum absolute atomic E-state index is 12.3. The smallest absolute Gasteiger partial charge is 0.186 e. The van der Waals surface area contributed by atoms with Crippen molar-refractivity contribution in [1.29, 1.82) is 5.26 Å². The second-order valence-electron chi connectivity index (χ2n) is 3.81. The molecule has 0 amide bonds. The standard InChI is InChI=1S/C14H8BrClN2O/c15-11-7-9(4-5-12(11)16)14(19)10(8-17)13-3-1-2-6-18-13/h1-7,10H. The van der Waals surface area contributed by atoms with Gasteiger partial charge in [0.1, 0.15) is 0 Å². The van der Waals surface area contributed by atoms with Crippen LogP contribution in [0.3, 0.4) is 0 Å². The second-order valence-corrected chi connectivity index (χ2v) is 5.07. The van der Waals surface area contributed by atoms with E-state index in [1.165, 1.54) is 0 Å². The Bertz CT molecular complexity index is 652. The summed E-state index contributed by atoms with van der Waals surface area (Å²) in [5, 5.41) is 9.70. The van der Waals surface area contributed by atoms with Crippen molar-refractivity contribution in [2.75, 3.05) is 0 Å². The van der Waals surface area contributed by atoms with Gasteiger partial charge in [0.05, 0.1) is 16.8 Å². The van der Waals surface area contributed by atoms with Crippen LogP contribution in [-0.2, 0) is 0 Å². The van der Waals surface area contributed by atoms with Gasteiger partial charge in [0.25, 0.3) is 0 Å². The van der Waals surface area contributed by atoms with Gasteiger partial charge >= 0.3 is 0 Å². The van der Waals surface area contributed by atoms with E-state index in [1.54, 1.807) is 42.6 Å². The molecule has 1 unspecified atom stereocenters. The Labute approximate surface area is 124 Å². The molecule has 2 rings (SSSR count). The van der Waals surface area contributed by atoms with E-state index in [0.29, 0.717) is 20.8 Å². The molecular formula is C14H8BrClN2O. The highest BCUT2D eigenvalue weighted by Crippen LogP contribution is 2.26. The normalized spacial score (nSPS) is 11.6. The SMILES string of the molecule is N#CC(C(=O)c1ccc(Cl)c(Br)c1)c1ccccn1. The van der Waals surface area contributed by atoms with Crippen molar-refractivity contribution in [1.82, 2.24) is 4.98 Å². The maximum Gasteiger partial charge on any atom is 0.186 e. The fraction of sp³-hybridized carbons (Fsp3) is 0.0714. The van der Waals surface area contributed by atoms with E-state index in [2.05, 4.69) is 20.9 Å². The van der Waals surface area contributed by atoms with Gasteiger partial charge in [-0.3, -0.25) is 9.78 Å². The highest BCUT2D eigenvalue weighted by molar-refractivity contribution is 9.10. The first-order chi connectivity index (χ1) is 9.13. The molecule has 0 bridgehead atoms. The summed E-state index contributed by atoms with van der Waals surface area (Å²) in [6.45, 7) is 0. The van der Waals surface area contributed by atoms with E-state index >= 15 is 0 Å². The van der Waals surface area contributed by atoms with Gasteiger partial charge in [-0.05, 0) is 46.3 Å². The lowest BCUT2D eigenvalue weighted by Crippen LogP contribution is -2.12. The number of benzene rings is 1. The van der Waals surface area contributed by atoms with Gasteiger partial charge in [0.2, 0.25) is 0 Å². The molecule has 1 aromatic carbocycles.